The van der Waals surface area contributed by atoms with E-state index in [-0.39, 0.29) is 12.8 Å². The van der Waals surface area contributed by atoms with Gasteiger partial charge in [0.2, 0.25) is 0 Å². The van der Waals surface area contributed by atoms with Crippen LogP contribution in [0.1, 0.15) is 200 Å². The Labute approximate surface area is 317 Å². The van der Waals surface area contributed by atoms with E-state index in [1.165, 1.54) is 116 Å². The number of phosphoric acid groups is 1. The molecule has 3 N–H and O–H groups in total. The Kier molecular flexibility index (Phi) is 37.1. The molecule has 0 aliphatic carbocycles. The van der Waals surface area contributed by atoms with E-state index in [2.05, 4.69) is 26.0 Å². The zero-order valence-electron chi connectivity index (χ0n) is 33.3. The van der Waals surface area contributed by atoms with Gasteiger partial charge in [0.1, 0.15) is 12.2 Å². The van der Waals surface area contributed by atoms with E-state index in [9.17, 15) is 29.3 Å². The molecule has 0 fully saturated rings. The van der Waals surface area contributed by atoms with E-state index in [4.69, 9.17) is 18.5 Å². The molecule has 0 saturated carbocycles. The van der Waals surface area contributed by atoms with E-state index in [1.807, 2.05) is 0 Å². The molecule has 3 unspecified atom stereocenters. The molecule has 52 heavy (non-hydrogen) atoms. The third-order valence-electron chi connectivity index (χ3n) is 9.23. The molecule has 3 atom stereocenters. The van der Waals surface area contributed by atoms with Crippen molar-refractivity contribution in [3.8, 4) is 0 Å². The highest BCUT2D eigenvalue weighted by Gasteiger charge is 2.27. The van der Waals surface area contributed by atoms with Gasteiger partial charge in [-0.2, -0.15) is 0 Å². The molecule has 308 valence electrons. The molecule has 0 aromatic carbocycles. The third-order valence-corrected chi connectivity index (χ3v) is 10.2. The van der Waals surface area contributed by atoms with Crippen molar-refractivity contribution in [1.82, 2.24) is 0 Å². The molecule has 0 heterocycles. The summed E-state index contributed by atoms with van der Waals surface area (Å²) >= 11 is 0. The summed E-state index contributed by atoms with van der Waals surface area (Å²) < 4.78 is 32.5. The van der Waals surface area contributed by atoms with Gasteiger partial charge in [-0.05, 0) is 38.5 Å². The average molecular weight is 763 g/mol. The summed E-state index contributed by atoms with van der Waals surface area (Å²) in [6.07, 6.45) is 34.7. The molecule has 0 radical (unpaired) electrons. The normalized spacial score (nSPS) is 14.0. The van der Waals surface area contributed by atoms with Gasteiger partial charge in [-0.1, -0.05) is 161 Å². The highest BCUT2D eigenvalue weighted by atomic mass is 31.2. The Morgan fingerprint density at radius 3 is 1.10 bits per heavy atom. The SMILES string of the molecule is CCCCCCCCC/C=C\CCCCCCCCCC(=O)OC(CO)COP(=O)(O)OCC(CO)OC(=O)CCCCCCCCCCCCC. The van der Waals surface area contributed by atoms with Gasteiger partial charge in [0, 0.05) is 12.8 Å². The Morgan fingerprint density at radius 2 is 0.788 bits per heavy atom. The standard InChI is InChI=1S/C41H79O10P/c1-3-5-7-9-11-13-15-16-17-18-19-20-21-23-25-27-29-31-33-41(45)51-39(35-43)37-49-52(46,47)48-36-38(34-42)50-40(44)32-30-28-26-24-22-14-12-10-8-6-4-2/h17-18,38-39,42-43H,3-16,19-37H2,1-2H3,(H,46,47)/b18-17-. The molecule has 10 nitrogen and oxygen atoms in total. The minimum atomic E-state index is -4.63. The number of ether oxygens (including phenoxy) is 2. The topological polar surface area (TPSA) is 149 Å². The minimum Gasteiger partial charge on any atom is -0.457 e. The molecule has 0 aromatic heterocycles. The first-order chi connectivity index (χ1) is 25.3. The van der Waals surface area contributed by atoms with Crippen molar-refractivity contribution in [3.05, 3.63) is 12.2 Å². The van der Waals surface area contributed by atoms with Crippen LogP contribution in [0.15, 0.2) is 12.2 Å². The highest BCUT2D eigenvalue weighted by Crippen LogP contribution is 2.43. The number of aliphatic hydroxyl groups is 2. The number of allylic oxidation sites excluding steroid dienone is 2. The molecule has 0 aromatic rings. The maximum absolute atomic E-state index is 12.3. The van der Waals surface area contributed by atoms with Crippen molar-refractivity contribution in [2.24, 2.45) is 0 Å². The smallest absolute Gasteiger partial charge is 0.457 e. The Balaban J connectivity index is 3.91. The Bertz CT molecular complexity index is 884. The molecular weight excluding hydrogens is 683 g/mol. The second kappa shape index (κ2) is 38.0. The number of carbonyl (C=O) groups excluding carboxylic acids is 2. The van der Waals surface area contributed by atoms with Crippen LogP contribution in [0.3, 0.4) is 0 Å². The summed E-state index contributed by atoms with van der Waals surface area (Å²) in [7, 11) is -4.63. The van der Waals surface area contributed by atoms with Gasteiger partial charge in [-0.25, -0.2) is 4.57 Å². The summed E-state index contributed by atoms with van der Waals surface area (Å²) in [6.45, 7) is 2.20. The number of unbranched alkanes of at least 4 members (excludes halogenated alkanes) is 24. The molecule has 0 rings (SSSR count). The van der Waals surface area contributed by atoms with Crippen LogP contribution in [-0.4, -0.2) is 65.7 Å². The van der Waals surface area contributed by atoms with Crippen molar-refractivity contribution < 1.29 is 47.8 Å². The summed E-state index contributed by atoms with van der Waals surface area (Å²) in [5, 5.41) is 19.1. The maximum Gasteiger partial charge on any atom is 0.472 e. The zero-order chi connectivity index (χ0) is 38.4. The second-order valence-electron chi connectivity index (χ2n) is 14.3. The lowest BCUT2D eigenvalue weighted by atomic mass is 10.1. The molecule has 0 spiro atoms. The number of carbonyl (C=O) groups is 2. The molecular formula is C41H79O10P. The fourth-order valence-corrected chi connectivity index (χ4v) is 6.72. The quantitative estimate of drug-likeness (QED) is 0.0238. The first-order valence-electron chi connectivity index (χ1n) is 21.1. The van der Waals surface area contributed by atoms with Crippen LogP contribution in [0, 0.1) is 0 Å². The van der Waals surface area contributed by atoms with E-state index < -0.39 is 58.4 Å². The Hall–Kier alpha value is -1.29. The molecule has 0 aliphatic rings. The fourth-order valence-electron chi connectivity index (χ4n) is 5.93. The van der Waals surface area contributed by atoms with Gasteiger partial charge >= 0.3 is 19.8 Å². The van der Waals surface area contributed by atoms with Crippen LogP contribution >= 0.6 is 7.82 Å². The lowest BCUT2D eigenvalue weighted by Crippen LogP contribution is -2.28. The number of phosphoric ester groups is 1. The summed E-state index contributed by atoms with van der Waals surface area (Å²) in [5.41, 5.74) is 0. The van der Waals surface area contributed by atoms with Gasteiger partial charge in [-0.15, -0.1) is 0 Å². The fraction of sp³-hybridized carbons (Fsp3) is 0.902. The van der Waals surface area contributed by atoms with Gasteiger partial charge in [0.25, 0.3) is 0 Å². The zero-order valence-corrected chi connectivity index (χ0v) is 34.2. The third kappa shape index (κ3) is 35.7. The van der Waals surface area contributed by atoms with Crippen molar-refractivity contribution in [1.29, 1.82) is 0 Å². The van der Waals surface area contributed by atoms with E-state index in [0.717, 1.165) is 44.9 Å². The van der Waals surface area contributed by atoms with Crippen molar-refractivity contribution >= 4 is 19.8 Å². The summed E-state index contributed by atoms with van der Waals surface area (Å²) in [5.74, 6) is -1.02. The van der Waals surface area contributed by atoms with Crippen LogP contribution in [0.25, 0.3) is 0 Å². The van der Waals surface area contributed by atoms with E-state index in [1.54, 1.807) is 0 Å². The van der Waals surface area contributed by atoms with Gasteiger partial charge in [0.05, 0.1) is 26.4 Å². The van der Waals surface area contributed by atoms with Crippen LogP contribution in [-0.2, 0) is 32.7 Å². The van der Waals surface area contributed by atoms with Crippen LogP contribution < -0.4 is 0 Å². The first kappa shape index (κ1) is 50.7. The van der Waals surface area contributed by atoms with Crippen molar-refractivity contribution in [2.75, 3.05) is 26.4 Å². The highest BCUT2D eigenvalue weighted by molar-refractivity contribution is 7.47. The predicted molar refractivity (Wildman–Crippen MR) is 210 cm³/mol. The number of hydrogen-bond acceptors (Lipinski definition) is 9. The second-order valence-corrected chi connectivity index (χ2v) is 15.8. The number of aliphatic hydroxyl groups excluding tert-OH is 2. The minimum absolute atomic E-state index is 0.191. The van der Waals surface area contributed by atoms with Crippen LogP contribution in [0.5, 0.6) is 0 Å². The molecule has 0 aliphatic heterocycles. The van der Waals surface area contributed by atoms with Crippen LogP contribution in [0.4, 0.5) is 0 Å². The molecule has 0 saturated heterocycles. The van der Waals surface area contributed by atoms with Crippen molar-refractivity contribution in [3.63, 3.8) is 0 Å². The molecule has 11 heteroatoms. The lowest BCUT2D eigenvalue weighted by molar-refractivity contribution is -0.153. The van der Waals surface area contributed by atoms with Crippen molar-refractivity contribution in [2.45, 2.75) is 212 Å². The average Bonchev–Trinajstić information content (AvgIpc) is 3.13. The van der Waals surface area contributed by atoms with E-state index in [0.29, 0.717) is 12.8 Å². The number of esters is 2. The molecule has 0 amide bonds. The summed E-state index contributed by atoms with van der Waals surface area (Å²) in [6, 6.07) is 0. The van der Waals surface area contributed by atoms with E-state index >= 15 is 0 Å². The van der Waals surface area contributed by atoms with Crippen LogP contribution in [0.2, 0.25) is 0 Å². The van der Waals surface area contributed by atoms with Gasteiger partial charge < -0.3 is 24.6 Å². The lowest BCUT2D eigenvalue weighted by Gasteiger charge is -2.20. The molecule has 0 bridgehead atoms. The number of rotatable bonds is 40. The maximum atomic E-state index is 12.3. The Morgan fingerprint density at radius 1 is 0.500 bits per heavy atom. The first-order valence-corrected chi connectivity index (χ1v) is 22.6. The van der Waals surface area contributed by atoms with Gasteiger partial charge in [-0.3, -0.25) is 18.6 Å². The monoisotopic (exact) mass is 763 g/mol. The van der Waals surface area contributed by atoms with Gasteiger partial charge in [0.15, 0.2) is 0 Å². The number of hydrogen-bond donors (Lipinski definition) is 3. The predicted octanol–water partition coefficient (Wildman–Crippen LogP) is 10.8. The summed E-state index contributed by atoms with van der Waals surface area (Å²) in [4.78, 5) is 34.4. The largest absolute Gasteiger partial charge is 0.472 e.